The summed E-state index contributed by atoms with van der Waals surface area (Å²) < 4.78 is 4.63. The maximum Gasteiger partial charge on any atom is 0.408 e. The fourth-order valence-electron chi connectivity index (χ4n) is 0.769. The summed E-state index contributed by atoms with van der Waals surface area (Å²) in [4.78, 5) is 10.2. The van der Waals surface area contributed by atoms with Crippen molar-refractivity contribution in [2.24, 2.45) is 0 Å². The molecule has 3 heteroatoms. The lowest BCUT2D eigenvalue weighted by molar-refractivity contribution is 0.200. The summed E-state index contributed by atoms with van der Waals surface area (Å²) in [7, 11) is 0. The second-order valence-corrected chi connectivity index (χ2v) is 2.25. The Kier molecular flexibility index (Phi) is 2.51. The SMILES string of the molecule is O=C(Cl)OC1=CC=CCC1. The Morgan fingerprint density at radius 3 is 3.00 bits per heavy atom. The molecule has 0 atom stereocenters. The van der Waals surface area contributed by atoms with Crippen LogP contribution < -0.4 is 0 Å². The largest absolute Gasteiger partial charge is 0.419 e. The zero-order valence-corrected chi connectivity index (χ0v) is 6.10. The van der Waals surface area contributed by atoms with E-state index in [1.165, 1.54) is 0 Å². The molecule has 0 unspecified atom stereocenters. The molecule has 0 bridgehead atoms. The number of carbonyl (C=O) groups excluding carboxylic acids is 1. The third-order valence-corrected chi connectivity index (χ3v) is 1.26. The van der Waals surface area contributed by atoms with Gasteiger partial charge in [-0.2, -0.15) is 0 Å². The molecule has 0 aromatic heterocycles. The molecule has 1 aliphatic rings. The summed E-state index contributed by atoms with van der Waals surface area (Å²) in [5.41, 5.74) is -0.762. The van der Waals surface area contributed by atoms with Gasteiger partial charge in [0.1, 0.15) is 5.76 Å². The topological polar surface area (TPSA) is 26.3 Å². The summed E-state index contributed by atoms with van der Waals surface area (Å²) in [5.74, 6) is 0.641. The third kappa shape index (κ3) is 2.23. The van der Waals surface area contributed by atoms with Crippen LogP contribution in [0, 0.1) is 0 Å². The van der Waals surface area contributed by atoms with E-state index in [-0.39, 0.29) is 0 Å². The Balaban J connectivity index is 2.47. The van der Waals surface area contributed by atoms with Gasteiger partial charge >= 0.3 is 5.43 Å². The lowest BCUT2D eigenvalue weighted by atomic mass is 10.2. The van der Waals surface area contributed by atoms with Crippen LogP contribution in [0.25, 0.3) is 0 Å². The minimum atomic E-state index is -0.762. The van der Waals surface area contributed by atoms with E-state index in [4.69, 9.17) is 11.6 Å². The van der Waals surface area contributed by atoms with E-state index in [0.717, 1.165) is 12.8 Å². The van der Waals surface area contributed by atoms with Crippen LogP contribution in [0.5, 0.6) is 0 Å². The van der Waals surface area contributed by atoms with Crippen molar-refractivity contribution in [1.82, 2.24) is 0 Å². The summed E-state index contributed by atoms with van der Waals surface area (Å²) >= 11 is 4.99. The maximum atomic E-state index is 10.2. The second-order valence-electron chi connectivity index (χ2n) is 1.94. The molecular weight excluding hydrogens is 152 g/mol. The monoisotopic (exact) mass is 158 g/mol. The molecule has 0 radical (unpaired) electrons. The molecule has 1 aliphatic carbocycles. The summed E-state index contributed by atoms with van der Waals surface area (Å²) in [6.07, 6.45) is 7.26. The van der Waals surface area contributed by atoms with Gasteiger partial charge < -0.3 is 4.74 Å². The Morgan fingerprint density at radius 1 is 1.70 bits per heavy atom. The van der Waals surface area contributed by atoms with Crippen LogP contribution in [0.1, 0.15) is 12.8 Å². The molecule has 0 aromatic rings. The van der Waals surface area contributed by atoms with Crippen molar-refractivity contribution < 1.29 is 9.53 Å². The van der Waals surface area contributed by atoms with Crippen LogP contribution in [-0.4, -0.2) is 5.43 Å². The Morgan fingerprint density at radius 2 is 2.50 bits per heavy atom. The van der Waals surface area contributed by atoms with Gasteiger partial charge in [0.2, 0.25) is 0 Å². The number of rotatable bonds is 1. The molecule has 0 heterocycles. The van der Waals surface area contributed by atoms with E-state index in [1.54, 1.807) is 6.08 Å². The fourth-order valence-corrected chi connectivity index (χ4v) is 0.868. The van der Waals surface area contributed by atoms with Crippen molar-refractivity contribution >= 4 is 17.0 Å². The van der Waals surface area contributed by atoms with E-state index < -0.39 is 5.43 Å². The number of halogens is 1. The first kappa shape index (κ1) is 7.35. The van der Waals surface area contributed by atoms with Gasteiger partial charge in [0.05, 0.1) is 0 Å². The van der Waals surface area contributed by atoms with Gasteiger partial charge in [0, 0.05) is 18.0 Å². The highest BCUT2D eigenvalue weighted by Gasteiger charge is 2.03. The zero-order valence-electron chi connectivity index (χ0n) is 5.34. The summed E-state index contributed by atoms with van der Waals surface area (Å²) in [6.45, 7) is 0. The predicted molar refractivity (Wildman–Crippen MR) is 38.8 cm³/mol. The van der Waals surface area contributed by atoms with Gasteiger partial charge in [-0.3, -0.25) is 0 Å². The number of hydrogen-bond acceptors (Lipinski definition) is 2. The Hall–Kier alpha value is -0.760. The van der Waals surface area contributed by atoms with Crippen molar-refractivity contribution in [2.45, 2.75) is 12.8 Å². The fraction of sp³-hybridized carbons (Fsp3) is 0.286. The van der Waals surface area contributed by atoms with Crippen LogP contribution in [-0.2, 0) is 4.74 Å². The van der Waals surface area contributed by atoms with E-state index in [1.807, 2.05) is 12.2 Å². The molecule has 2 nitrogen and oxygen atoms in total. The lowest BCUT2D eigenvalue weighted by Gasteiger charge is -2.05. The smallest absolute Gasteiger partial charge is 0.408 e. The minimum Gasteiger partial charge on any atom is -0.419 e. The van der Waals surface area contributed by atoms with Crippen LogP contribution in [0.3, 0.4) is 0 Å². The molecule has 1 rings (SSSR count). The van der Waals surface area contributed by atoms with E-state index in [2.05, 4.69) is 4.74 Å². The molecule has 0 spiro atoms. The standard InChI is InChI=1S/C7H7ClO2/c8-7(9)10-6-4-2-1-3-5-6/h1-2,4H,3,5H2. The minimum absolute atomic E-state index is 0.641. The highest BCUT2D eigenvalue weighted by molar-refractivity contribution is 6.61. The van der Waals surface area contributed by atoms with Gasteiger partial charge in [-0.15, -0.1) is 0 Å². The van der Waals surface area contributed by atoms with Crippen molar-refractivity contribution in [2.75, 3.05) is 0 Å². The van der Waals surface area contributed by atoms with Crippen molar-refractivity contribution in [3.63, 3.8) is 0 Å². The number of carbonyl (C=O) groups is 1. The van der Waals surface area contributed by atoms with Gasteiger partial charge in [-0.1, -0.05) is 12.2 Å². The van der Waals surface area contributed by atoms with Gasteiger partial charge in [-0.25, -0.2) is 4.79 Å². The Bertz CT molecular complexity index is 194. The molecular formula is C7H7ClO2. The highest BCUT2D eigenvalue weighted by Crippen LogP contribution is 2.13. The summed E-state index contributed by atoms with van der Waals surface area (Å²) in [6, 6.07) is 0. The predicted octanol–water partition coefficient (Wildman–Crippen LogP) is 2.60. The quantitative estimate of drug-likeness (QED) is 0.549. The second kappa shape index (κ2) is 3.42. The van der Waals surface area contributed by atoms with Gasteiger partial charge in [0.25, 0.3) is 0 Å². The Labute approximate surface area is 64.1 Å². The van der Waals surface area contributed by atoms with Crippen molar-refractivity contribution in [3.05, 3.63) is 24.0 Å². The molecule has 0 N–H and O–H groups in total. The van der Waals surface area contributed by atoms with Crippen molar-refractivity contribution in [1.29, 1.82) is 0 Å². The highest BCUT2D eigenvalue weighted by atomic mass is 35.5. The number of ether oxygens (including phenoxy) is 1. The van der Waals surface area contributed by atoms with E-state index in [9.17, 15) is 4.79 Å². The van der Waals surface area contributed by atoms with Gasteiger partial charge in [0.15, 0.2) is 0 Å². The maximum absolute atomic E-state index is 10.2. The lowest BCUT2D eigenvalue weighted by Crippen LogP contribution is -1.95. The third-order valence-electron chi connectivity index (χ3n) is 1.19. The molecule has 0 amide bonds. The average molecular weight is 159 g/mol. The summed E-state index contributed by atoms with van der Waals surface area (Å²) in [5, 5.41) is 0. The van der Waals surface area contributed by atoms with Crippen LogP contribution in [0.2, 0.25) is 0 Å². The van der Waals surface area contributed by atoms with Crippen molar-refractivity contribution in [3.8, 4) is 0 Å². The van der Waals surface area contributed by atoms with E-state index >= 15 is 0 Å². The number of allylic oxidation sites excluding steroid dienone is 4. The molecule has 0 fully saturated rings. The molecule has 10 heavy (non-hydrogen) atoms. The van der Waals surface area contributed by atoms with Crippen LogP contribution >= 0.6 is 11.6 Å². The average Bonchev–Trinajstić information content (AvgIpc) is 1.88. The van der Waals surface area contributed by atoms with Crippen LogP contribution in [0.4, 0.5) is 4.79 Å². The molecule has 0 saturated carbocycles. The first-order valence-electron chi connectivity index (χ1n) is 3.02. The molecule has 0 aliphatic heterocycles. The molecule has 0 saturated heterocycles. The molecule has 0 aromatic carbocycles. The molecule has 54 valence electrons. The first-order chi connectivity index (χ1) is 4.79. The van der Waals surface area contributed by atoms with Crippen LogP contribution in [0.15, 0.2) is 24.0 Å². The first-order valence-corrected chi connectivity index (χ1v) is 3.40. The van der Waals surface area contributed by atoms with E-state index in [0.29, 0.717) is 5.76 Å². The zero-order chi connectivity index (χ0) is 7.40. The number of hydrogen-bond donors (Lipinski definition) is 0. The van der Waals surface area contributed by atoms with Gasteiger partial charge in [-0.05, 0) is 12.5 Å². The normalized spacial score (nSPS) is 16.3.